The Bertz CT molecular complexity index is 642. The van der Waals surface area contributed by atoms with Gasteiger partial charge in [-0.05, 0) is 36.4 Å². The van der Waals surface area contributed by atoms with E-state index in [2.05, 4.69) is 0 Å². The average molecular weight is 320 g/mol. The molecule has 0 atom stereocenters. The lowest BCUT2D eigenvalue weighted by molar-refractivity contribution is -0.138. The Hall–Kier alpha value is -2.38. The van der Waals surface area contributed by atoms with Crippen molar-refractivity contribution in [2.24, 2.45) is 0 Å². The third-order valence-corrected chi connectivity index (χ3v) is 3.05. The summed E-state index contributed by atoms with van der Waals surface area (Å²) in [5.41, 5.74) is 8.55. The molecular weight excluding hydrogens is 310 g/mol. The van der Waals surface area contributed by atoms with Crippen molar-refractivity contribution in [1.29, 1.82) is 0 Å². The van der Waals surface area contributed by atoms with Gasteiger partial charge in [-0.25, -0.2) is 0 Å². The fraction of sp³-hybridized carbons (Fsp3) is 0.143. The lowest BCUT2D eigenvalue weighted by Gasteiger charge is -2.15. The minimum Gasteiger partial charge on any atom is -0.398 e. The minimum absolute atomic E-state index is 0.0981. The summed E-state index contributed by atoms with van der Waals surface area (Å²) in [4.78, 5) is 0. The standard InChI is InChI=1S/C14H10F6N2/c15-13(16,17)7-1-3-11(21)9(5-7)10-6-8(14(18,19)20)2-4-12(10)22/h1-6H,21-22H2. The fourth-order valence-electron chi connectivity index (χ4n) is 1.93. The predicted octanol–water partition coefficient (Wildman–Crippen LogP) is 4.56. The van der Waals surface area contributed by atoms with Crippen LogP contribution in [0.4, 0.5) is 37.7 Å². The molecule has 0 heterocycles. The quantitative estimate of drug-likeness (QED) is 0.598. The van der Waals surface area contributed by atoms with Crippen molar-refractivity contribution in [2.45, 2.75) is 12.4 Å². The first kappa shape index (κ1) is 16.0. The summed E-state index contributed by atoms with van der Waals surface area (Å²) in [7, 11) is 0. The molecule has 0 aliphatic heterocycles. The van der Waals surface area contributed by atoms with Crippen molar-refractivity contribution in [3.8, 4) is 11.1 Å². The number of benzene rings is 2. The Morgan fingerprint density at radius 3 is 1.18 bits per heavy atom. The first-order valence-corrected chi connectivity index (χ1v) is 5.94. The second-order valence-corrected chi connectivity index (χ2v) is 4.60. The van der Waals surface area contributed by atoms with Gasteiger partial charge >= 0.3 is 12.4 Å². The summed E-state index contributed by atoms with van der Waals surface area (Å²) >= 11 is 0. The minimum atomic E-state index is -4.64. The molecule has 0 aromatic heterocycles. The molecule has 2 rings (SSSR count). The molecule has 0 saturated carbocycles. The Kier molecular flexibility index (Phi) is 3.72. The summed E-state index contributed by atoms with van der Waals surface area (Å²) in [6.07, 6.45) is -9.28. The van der Waals surface area contributed by atoms with E-state index in [1.54, 1.807) is 0 Å². The van der Waals surface area contributed by atoms with Crippen LogP contribution in [0, 0.1) is 0 Å². The molecule has 2 aromatic rings. The van der Waals surface area contributed by atoms with Gasteiger partial charge in [0, 0.05) is 22.5 Å². The van der Waals surface area contributed by atoms with Gasteiger partial charge in [-0.15, -0.1) is 0 Å². The lowest BCUT2D eigenvalue weighted by atomic mass is 9.97. The van der Waals surface area contributed by atoms with E-state index in [0.29, 0.717) is 12.1 Å². The van der Waals surface area contributed by atoms with Crippen LogP contribution in [0.25, 0.3) is 11.1 Å². The SMILES string of the molecule is Nc1ccc(C(F)(F)F)cc1-c1cc(C(F)(F)F)ccc1N. The monoisotopic (exact) mass is 320 g/mol. The second-order valence-electron chi connectivity index (χ2n) is 4.60. The van der Waals surface area contributed by atoms with Crippen LogP contribution >= 0.6 is 0 Å². The number of halogens is 6. The van der Waals surface area contributed by atoms with Crippen LogP contribution in [0.15, 0.2) is 36.4 Å². The molecule has 0 unspecified atom stereocenters. The van der Waals surface area contributed by atoms with E-state index in [-0.39, 0.29) is 22.5 Å². The van der Waals surface area contributed by atoms with E-state index in [1.165, 1.54) is 0 Å². The number of hydrogen-bond acceptors (Lipinski definition) is 2. The first-order chi connectivity index (χ1) is 10.00. The van der Waals surface area contributed by atoms with E-state index in [1.807, 2.05) is 0 Å². The summed E-state index contributed by atoms with van der Waals surface area (Å²) in [5, 5.41) is 0. The number of nitrogen functional groups attached to an aromatic ring is 2. The van der Waals surface area contributed by atoms with Crippen LogP contribution in [0.3, 0.4) is 0 Å². The molecule has 0 fully saturated rings. The van der Waals surface area contributed by atoms with Gasteiger partial charge < -0.3 is 11.5 Å². The van der Waals surface area contributed by atoms with Gasteiger partial charge in [0.15, 0.2) is 0 Å². The lowest BCUT2D eigenvalue weighted by Crippen LogP contribution is -2.08. The van der Waals surface area contributed by atoms with Gasteiger partial charge in [-0.1, -0.05) is 0 Å². The molecule has 118 valence electrons. The van der Waals surface area contributed by atoms with Crippen molar-refractivity contribution in [2.75, 3.05) is 11.5 Å². The molecule has 0 amide bonds. The fourth-order valence-corrected chi connectivity index (χ4v) is 1.93. The van der Waals surface area contributed by atoms with Gasteiger partial charge in [0.2, 0.25) is 0 Å². The third-order valence-electron chi connectivity index (χ3n) is 3.05. The zero-order valence-corrected chi connectivity index (χ0v) is 10.9. The maximum Gasteiger partial charge on any atom is 0.416 e. The Morgan fingerprint density at radius 2 is 0.909 bits per heavy atom. The summed E-state index contributed by atoms with van der Waals surface area (Å²) in [6.45, 7) is 0. The maximum atomic E-state index is 12.7. The van der Waals surface area contributed by atoms with E-state index < -0.39 is 23.5 Å². The molecule has 2 aromatic carbocycles. The highest BCUT2D eigenvalue weighted by molar-refractivity contribution is 5.85. The number of alkyl halides is 6. The molecule has 0 spiro atoms. The van der Waals surface area contributed by atoms with Crippen molar-refractivity contribution >= 4 is 11.4 Å². The molecule has 0 aliphatic rings. The second kappa shape index (κ2) is 5.11. The maximum absolute atomic E-state index is 12.7. The Morgan fingerprint density at radius 1 is 0.591 bits per heavy atom. The predicted molar refractivity (Wildman–Crippen MR) is 70.7 cm³/mol. The molecule has 0 radical (unpaired) electrons. The third kappa shape index (κ3) is 3.10. The van der Waals surface area contributed by atoms with E-state index in [4.69, 9.17) is 11.5 Å². The number of nitrogens with two attached hydrogens (primary N) is 2. The highest BCUT2D eigenvalue weighted by atomic mass is 19.4. The number of hydrogen-bond donors (Lipinski definition) is 2. The molecule has 8 heteroatoms. The van der Waals surface area contributed by atoms with Crippen LogP contribution in [-0.4, -0.2) is 0 Å². The van der Waals surface area contributed by atoms with Crippen molar-refractivity contribution in [3.05, 3.63) is 47.5 Å². The van der Waals surface area contributed by atoms with E-state index in [9.17, 15) is 26.3 Å². The average Bonchev–Trinajstić information content (AvgIpc) is 2.37. The number of anilines is 2. The zero-order valence-electron chi connectivity index (χ0n) is 10.9. The normalized spacial score (nSPS) is 12.5. The zero-order chi connectivity index (χ0) is 16.7. The molecule has 4 N–H and O–H groups in total. The summed E-state index contributed by atoms with van der Waals surface area (Å²) in [5.74, 6) is 0. The van der Waals surface area contributed by atoms with Crippen LogP contribution in [-0.2, 0) is 12.4 Å². The Labute approximate surface area is 121 Å². The van der Waals surface area contributed by atoms with Gasteiger partial charge in [0.1, 0.15) is 0 Å². The number of rotatable bonds is 1. The Balaban J connectivity index is 2.66. The van der Waals surface area contributed by atoms with Gasteiger partial charge in [-0.3, -0.25) is 0 Å². The molecule has 0 bridgehead atoms. The van der Waals surface area contributed by atoms with E-state index >= 15 is 0 Å². The molecule has 22 heavy (non-hydrogen) atoms. The smallest absolute Gasteiger partial charge is 0.398 e. The van der Waals surface area contributed by atoms with Gasteiger partial charge in [0.25, 0.3) is 0 Å². The highest BCUT2D eigenvalue weighted by Gasteiger charge is 2.33. The van der Waals surface area contributed by atoms with Crippen molar-refractivity contribution in [3.63, 3.8) is 0 Å². The molecule has 0 aliphatic carbocycles. The summed E-state index contributed by atoms with van der Waals surface area (Å²) < 4.78 is 76.4. The topological polar surface area (TPSA) is 52.0 Å². The molecule has 0 saturated heterocycles. The van der Waals surface area contributed by atoms with Crippen LogP contribution in [0.5, 0.6) is 0 Å². The highest BCUT2D eigenvalue weighted by Crippen LogP contribution is 2.39. The van der Waals surface area contributed by atoms with Crippen molar-refractivity contribution < 1.29 is 26.3 Å². The van der Waals surface area contributed by atoms with Gasteiger partial charge in [-0.2, -0.15) is 26.3 Å². The van der Waals surface area contributed by atoms with Crippen molar-refractivity contribution in [1.82, 2.24) is 0 Å². The van der Waals surface area contributed by atoms with E-state index in [0.717, 1.165) is 24.3 Å². The largest absolute Gasteiger partial charge is 0.416 e. The van der Waals surface area contributed by atoms with Crippen LogP contribution < -0.4 is 11.5 Å². The van der Waals surface area contributed by atoms with Crippen LogP contribution in [0.2, 0.25) is 0 Å². The summed E-state index contributed by atoms with van der Waals surface area (Å²) in [6, 6.07) is 4.84. The molecular formula is C14H10F6N2. The van der Waals surface area contributed by atoms with Crippen LogP contribution in [0.1, 0.15) is 11.1 Å². The van der Waals surface area contributed by atoms with Gasteiger partial charge in [0.05, 0.1) is 11.1 Å². The molecule has 2 nitrogen and oxygen atoms in total. The first-order valence-electron chi connectivity index (χ1n) is 5.94.